The number of amides is 2. The average Bonchev–Trinajstić information content (AvgIpc) is 2.91. The highest BCUT2D eigenvalue weighted by molar-refractivity contribution is 8.18. The molecule has 0 radical (unpaired) electrons. The summed E-state index contributed by atoms with van der Waals surface area (Å²) in [5.41, 5.74) is 2.23. The van der Waals surface area contributed by atoms with Crippen molar-refractivity contribution in [1.82, 2.24) is 4.90 Å². The van der Waals surface area contributed by atoms with Crippen molar-refractivity contribution in [3.8, 4) is 5.75 Å². The van der Waals surface area contributed by atoms with Crippen LogP contribution in [0.5, 0.6) is 5.75 Å². The highest BCUT2D eigenvalue weighted by Crippen LogP contribution is 2.34. The first-order valence-corrected chi connectivity index (χ1v) is 9.38. The van der Waals surface area contributed by atoms with Crippen LogP contribution in [0.25, 0.3) is 6.08 Å². The van der Waals surface area contributed by atoms with Crippen LogP contribution in [-0.4, -0.2) is 35.0 Å². The first-order chi connectivity index (χ1) is 13.0. The normalized spacial score (nSPS) is 15.5. The van der Waals surface area contributed by atoms with Crippen LogP contribution in [0.3, 0.4) is 0 Å². The molecule has 0 saturated carbocycles. The molecule has 0 spiro atoms. The lowest BCUT2D eigenvalue weighted by Crippen LogP contribution is -2.33. The summed E-state index contributed by atoms with van der Waals surface area (Å²) in [6, 6.07) is 14.3. The number of ketones is 1. The van der Waals surface area contributed by atoms with Gasteiger partial charge in [0.1, 0.15) is 5.75 Å². The van der Waals surface area contributed by atoms with E-state index < -0.39 is 11.1 Å². The third kappa shape index (κ3) is 4.28. The maximum atomic E-state index is 12.6. The summed E-state index contributed by atoms with van der Waals surface area (Å²) in [6.07, 6.45) is 1.63. The van der Waals surface area contributed by atoms with Crippen LogP contribution in [0.4, 0.5) is 4.79 Å². The number of para-hydroxylation sites is 1. The lowest BCUT2D eigenvalue weighted by molar-refractivity contribution is -0.122. The van der Waals surface area contributed by atoms with E-state index in [0.29, 0.717) is 17.9 Å². The van der Waals surface area contributed by atoms with E-state index in [-0.39, 0.29) is 17.2 Å². The molecule has 1 fully saturated rings. The Kier molecular flexibility index (Phi) is 5.76. The molecule has 2 amide bonds. The lowest BCUT2D eigenvalue weighted by atomic mass is 10.1. The van der Waals surface area contributed by atoms with Crippen molar-refractivity contribution >= 4 is 34.8 Å². The highest BCUT2D eigenvalue weighted by atomic mass is 32.2. The number of hydrogen-bond acceptors (Lipinski definition) is 5. The smallest absolute Gasteiger partial charge is 0.293 e. The summed E-state index contributed by atoms with van der Waals surface area (Å²) >= 11 is 0.834. The predicted octanol–water partition coefficient (Wildman–Crippen LogP) is 4.31. The molecule has 1 heterocycles. The number of carbonyl (C=O) groups excluding carboxylic acids is 3. The third-order valence-corrected chi connectivity index (χ3v) is 4.96. The first-order valence-electron chi connectivity index (χ1n) is 8.56. The van der Waals surface area contributed by atoms with E-state index in [1.807, 2.05) is 44.2 Å². The van der Waals surface area contributed by atoms with Gasteiger partial charge in [-0.2, -0.15) is 0 Å². The van der Waals surface area contributed by atoms with Gasteiger partial charge in [0.15, 0.2) is 5.78 Å². The number of aryl methyl sites for hydroxylation is 1. The molecule has 0 atom stereocenters. The van der Waals surface area contributed by atoms with Crippen LogP contribution < -0.4 is 4.74 Å². The van der Waals surface area contributed by atoms with Crippen molar-refractivity contribution in [2.24, 2.45) is 0 Å². The van der Waals surface area contributed by atoms with Gasteiger partial charge in [0.25, 0.3) is 11.1 Å². The van der Waals surface area contributed by atoms with Crippen molar-refractivity contribution in [2.75, 3.05) is 13.2 Å². The predicted molar refractivity (Wildman–Crippen MR) is 106 cm³/mol. The zero-order chi connectivity index (χ0) is 19.4. The summed E-state index contributed by atoms with van der Waals surface area (Å²) in [7, 11) is 0. The Labute approximate surface area is 162 Å². The number of benzene rings is 2. The van der Waals surface area contributed by atoms with Crippen molar-refractivity contribution in [3.05, 3.63) is 70.1 Å². The molecule has 6 heteroatoms. The SMILES string of the molecule is CCOc1ccccc1C=C1SC(=O)N(CC(=O)c2ccc(C)cc2)C1=O. The van der Waals surface area contributed by atoms with Gasteiger partial charge in [-0.1, -0.05) is 48.0 Å². The summed E-state index contributed by atoms with van der Waals surface area (Å²) in [5.74, 6) is -0.0902. The Bertz CT molecular complexity index is 918. The summed E-state index contributed by atoms with van der Waals surface area (Å²) < 4.78 is 5.55. The standard InChI is InChI=1S/C21H19NO4S/c1-3-26-18-7-5-4-6-16(18)12-19-20(24)22(21(25)27-19)13-17(23)15-10-8-14(2)9-11-15/h4-12H,3,13H2,1-2H3. The fourth-order valence-corrected chi connectivity index (χ4v) is 3.47. The molecule has 2 aromatic carbocycles. The number of carbonyl (C=O) groups is 3. The van der Waals surface area contributed by atoms with Crippen molar-refractivity contribution in [1.29, 1.82) is 0 Å². The van der Waals surface area contributed by atoms with Gasteiger partial charge in [-0.15, -0.1) is 0 Å². The van der Waals surface area contributed by atoms with Crippen LogP contribution in [-0.2, 0) is 4.79 Å². The minimum absolute atomic E-state index is 0.266. The topological polar surface area (TPSA) is 63.7 Å². The molecule has 0 bridgehead atoms. The Morgan fingerprint density at radius 1 is 1.11 bits per heavy atom. The Morgan fingerprint density at radius 3 is 2.52 bits per heavy atom. The second kappa shape index (κ2) is 8.22. The maximum Gasteiger partial charge on any atom is 0.293 e. The fraction of sp³-hybridized carbons (Fsp3) is 0.190. The quantitative estimate of drug-likeness (QED) is 0.551. The van der Waals surface area contributed by atoms with Gasteiger partial charge >= 0.3 is 0 Å². The van der Waals surface area contributed by atoms with Gasteiger partial charge in [0, 0.05) is 11.1 Å². The van der Waals surface area contributed by atoms with E-state index in [2.05, 4.69) is 0 Å². The summed E-state index contributed by atoms with van der Waals surface area (Å²) in [6.45, 7) is 4.03. The second-order valence-electron chi connectivity index (χ2n) is 6.03. The van der Waals surface area contributed by atoms with Crippen LogP contribution in [0, 0.1) is 6.92 Å². The van der Waals surface area contributed by atoms with Gasteiger partial charge in [0.05, 0.1) is 18.1 Å². The Balaban J connectivity index is 1.79. The van der Waals surface area contributed by atoms with E-state index in [4.69, 9.17) is 4.74 Å². The Morgan fingerprint density at radius 2 is 1.81 bits per heavy atom. The van der Waals surface area contributed by atoms with Crippen molar-refractivity contribution in [3.63, 3.8) is 0 Å². The van der Waals surface area contributed by atoms with Crippen LogP contribution >= 0.6 is 11.8 Å². The van der Waals surface area contributed by atoms with E-state index in [9.17, 15) is 14.4 Å². The van der Waals surface area contributed by atoms with Crippen molar-refractivity contribution in [2.45, 2.75) is 13.8 Å². The Hall–Kier alpha value is -2.86. The molecule has 0 N–H and O–H groups in total. The molecule has 1 aliphatic rings. The molecular formula is C21H19NO4S. The van der Waals surface area contributed by atoms with Gasteiger partial charge in [0.2, 0.25) is 0 Å². The number of hydrogen-bond donors (Lipinski definition) is 0. The van der Waals surface area contributed by atoms with E-state index in [0.717, 1.165) is 27.8 Å². The molecule has 138 valence electrons. The molecule has 2 aromatic rings. The minimum atomic E-state index is -0.461. The van der Waals surface area contributed by atoms with Crippen LogP contribution in [0.2, 0.25) is 0 Å². The maximum absolute atomic E-state index is 12.6. The minimum Gasteiger partial charge on any atom is -0.493 e. The number of thioether (sulfide) groups is 1. The van der Waals surface area contributed by atoms with E-state index in [1.165, 1.54) is 0 Å². The zero-order valence-corrected chi connectivity index (χ0v) is 15.9. The molecule has 0 unspecified atom stereocenters. The van der Waals surface area contributed by atoms with Gasteiger partial charge in [-0.3, -0.25) is 19.3 Å². The molecule has 27 heavy (non-hydrogen) atoms. The number of imide groups is 1. The van der Waals surface area contributed by atoms with Gasteiger partial charge in [-0.05, 0) is 37.8 Å². The molecule has 3 rings (SSSR count). The highest BCUT2D eigenvalue weighted by Gasteiger charge is 2.36. The molecule has 0 aromatic heterocycles. The fourth-order valence-electron chi connectivity index (χ4n) is 2.64. The van der Waals surface area contributed by atoms with Crippen LogP contribution in [0.1, 0.15) is 28.4 Å². The van der Waals surface area contributed by atoms with Gasteiger partial charge in [-0.25, -0.2) is 0 Å². The summed E-state index contributed by atoms with van der Waals surface area (Å²) in [4.78, 5) is 38.6. The molecule has 0 aliphatic carbocycles. The van der Waals surface area contributed by atoms with E-state index in [1.54, 1.807) is 24.3 Å². The molecule has 5 nitrogen and oxygen atoms in total. The monoisotopic (exact) mass is 381 g/mol. The largest absolute Gasteiger partial charge is 0.493 e. The second-order valence-corrected chi connectivity index (χ2v) is 7.02. The van der Waals surface area contributed by atoms with E-state index >= 15 is 0 Å². The number of nitrogens with zero attached hydrogens (tertiary/aromatic N) is 1. The lowest BCUT2D eigenvalue weighted by Gasteiger charge is -2.11. The average molecular weight is 381 g/mol. The third-order valence-electron chi connectivity index (χ3n) is 4.05. The van der Waals surface area contributed by atoms with Gasteiger partial charge < -0.3 is 4.74 Å². The molecular weight excluding hydrogens is 362 g/mol. The number of rotatable bonds is 6. The molecule has 1 aliphatic heterocycles. The first kappa shape index (κ1) is 18.9. The number of Topliss-reactive ketones (excluding diaryl/α,β-unsaturated/α-hetero) is 1. The summed E-state index contributed by atoms with van der Waals surface area (Å²) in [5, 5.41) is -0.444. The van der Waals surface area contributed by atoms with Crippen molar-refractivity contribution < 1.29 is 19.1 Å². The zero-order valence-electron chi connectivity index (χ0n) is 15.1. The molecule has 1 saturated heterocycles. The number of ether oxygens (including phenoxy) is 1. The van der Waals surface area contributed by atoms with Crippen LogP contribution in [0.15, 0.2) is 53.4 Å².